The molecule has 1 saturated heterocycles. The second-order valence-electron chi connectivity index (χ2n) is 8.75. The van der Waals surface area contributed by atoms with E-state index in [9.17, 15) is 22.8 Å². The number of hydrogen-bond donors (Lipinski definition) is 0. The zero-order valence-corrected chi connectivity index (χ0v) is 21.7. The highest BCUT2D eigenvalue weighted by molar-refractivity contribution is 7.89. The Kier molecular flexibility index (Phi) is 7.94. The lowest BCUT2D eigenvalue weighted by Crippen LogP contribution is -2.44. The summed E-state index contributed by atoms with van der Waals surface area (Å²) in [4.78, 5) is 42.5. The zero-order chi connectivity index (χ0) is 26.6. The summed E-state index contributed by atoms with van der Waals surface area (Å²) in [6.07, 6.45) is 0.207. The summed E-state index contributed by atoms with van der Waals surface area (Å²) < 4.78 is 27.5. The fourth-order valence-electron chi connectivity index (χ4n) is 4.16. The molecule has 1 aliphatic rings. The number of likely N-dealkylation sites (N-methyl/N-ethyl adjacent to an activating group) is 1. The van der Waals surface area contributed by atoms with Gasteiger partial charge in [0.15, 0.2) is 0 Å². The van der Waals surface area contributed by atoms with Gasteiger partial charge in [-0.2, -0.15) is 0 Å². The number of rotatable bonds is 7. The van der Waals surface area contributed by atoms with Gasteiger partial charge < -0.3 is 9.80 Å². The van der Waals surface area contributed by atoms with Crippen LogP contribution in [0.5, 0.6) is 0 Å². The summed E-state index contributed by atoms with van der Waals surface area (Å²) in [5, 5.41) is 0.339. The topological polar surface area (TPSA) is 95.1 Å². The minimum atomic E-state index is -4.34. The summed E-state index contributed by atoms with van der Waals surface area (Å²) in [6.45, 7) is -1.08. The molecular weight excluding hydrogens is 514 g/mol. The summed E-state index contributed by atoms with van der Waals surface area (Å²) in [7, 11) is -2.74. The van der Waals surface area contributed by atoms with Crippen molar-refractivity contribution in [3.05, 3.63) is 95.5 Å². The first-order chi connectivity index (χ1) is 17.7. The third-order valence-electron chi connectivity index (χ3n) is 6.24. The third-order valence-corrected chi connectivity index (χ3v) is 8.25. The summed E-state index contributed by atoms with van der Waals surface area (Å²) in [5.41, 5.74) is 1.46. The lowest BCUT2D eigenvalue weighted by atomic mass is 9.98. The molecule has 8 nitrogen and oxygen atoms in total. The molecule has 1 atom stereocenters. The van der Waals surface area contributed by atoms with Crippen LogP contribution in [0.25, 0.3) is 0 Å². The first-order valence-corrected chi connectivity index (χ1v) is 13.4. The van der Waals surface area contributed by atoms with Gasteiger partial charge in [0.1, 0.15) is 13.1 Å². The molecule has 0 radical (unpaired) electrons. The Morgan fingerprint density at radius 1 is 0.946 bits per heavy atom. The van der Waals surface area contributed by atoms with Crippen molar-refractivity contribution in [2.75, 3.05) is 31.6 Å². The number of halogens is 1. The minimum Gasteiger partial charge on any atom is -0.331 e. The van der Waals surface area contributed by atoms with E-state index in [1.165, 1.54) is 34.1 Å². The van der Waals surface area contributed by atoms with E-state index in [2.05, 4.69) is 0 Å². The Morgan fingerprint density at radius 2 is 1.54 bits per heavy atom. The molecule has 0 aromatic heterocycles. The molecule has 0 bridgehead atoms. The number of amides is 3. The van der Waals surface area contributed by atoms with Crippen LogP contribution in [0.4, 0.5) is 5.69 Å². The molecule has 3 amide bonds. The van der Waals surface area contributed by atoms with E-state index in [1.807, 2.05) is 36.4 Å². The van der Waals surface area contributed by atoms with Crippen molar-refractivity contribution in [3.63, 3.8) is 0 Å². The van der Waals surface area contributed by atoms with Crippen molar-refractivity contribution in [1.82, 2.24) is 9.21 Å². The van der Waals surface area contributed by atoms with Gasteiger partial charge in [-0.15, -0.1) is 0 Å². The standard InChI is InChI=1S/C27H26ClN3O5S/c1-29(23-10-6-3-7-11-23)25(32)18-30-17-21(16-20-8-4-2-5-9-20)27(34)31(19-26(30)33)37(35,36)24-14-12-22(28)13-15-24/h2-15,21H,16-19H2,1H3. The zero-order valence-electron chi connectivity index (χ0n) is 20.2. The van der Waals surface area contributed by atoms with E-state index >= 15 is 0 Å². The molecule has 0 saturated carbocycles. The predicted octanol–water partition coefficient (Wildman–Crippen LogP) is 3.22. The van der Waals surface area contributed by atoms with Crippen molar-refractivity contribution in [1.29, 1.82) is 0 Å². The molecule has 10 heteroatoms. The maximum Gasteiger partial charge on any atom is 0.266 e. The van der Waals surface area contributed by atoms with Crippen LogP contribution in [0.2, 0.25) is 5.02 Å². The van der Waals surface area contributed by atoms with Gasteiger partial charge in [-0.1, -0.05) is 60.1 Å². The van der Waals surface area contributed by atoms with Gasteiger partial charge in [0.05, 0.1) is 10.8 Å². The summed E-state index contributed by atoms with van der Waals surface area (Å²) >= 11 is 5.90. The van der Waals surface area contributed by atoms with E-state index < -0.39 is 34.3 Å². The molecule has 3 aromatic rings. The monoisotopic (exact) mass is 539 g/mol. The first-order valence-electron chi connectivity index (χ1n) is 11.6. The second-order valence-corrected chi connectivity index (χ2v) is 11.1. The van der Waals surface area contributed by atoms with E-state index in [0.717, 1.165) is 5.56 Å². The van der Waals surface area contributed by atoms with Crippen LogP contribution in [0.3, 0.4) is 0 Å². The van der Waals surface area contributed by atoms with E-state index in [4.69, 9.17) is 11.6 Å². The van der Waals surface area contributed by atoms with Crippen LogP contribution < -0.4 is 4.90 Å². The molecule has 0 aliphatic carbocycles. The van der Waals surface area contributed by atoms with Crippen LogP contribution in [-0.4, -0.2) is 62.0 Å². The van der Waals surface area contributed by atoms with Gasteiger partial charge in [0.25, 0.3) is 10.0 Å². The number of nitrogens with zero attached hydrogens (tertiary/aromatic N) is 3. The molecule has 1 heterocycles. The quantitative estimate of drug-likeness (QED) is 0.459. The molecule has 1 unspecified atom stereocenters. The predicted molar refractivity (Wildman–Crippen MR) is 140 cm³/mol. The van der Waals surface area contributed by atoms with Gasteiger partial charge in [-0.05, 0) is 48.4 Å². The van der Waals surface area contributed by atoms with Crippen LogP contribution in [0.1, 0.15) is 5.56 Å². The fourth-order valence-corrected chi connectivity index (χ4v) is 5.68. The molecule has 0 N–H and O–H groups in total. The van der Waals surface area contributed by atoms with Crippen LogP contribution >= 0.6 is 11.6 Å². The van der Waals surface area contributed by atoms with Crippen molar-refractivity contribution >= 4 is 45.0 Å². The Hall–Kier alpha value is -3.69. The van der Waals surface area contributed by atoms with E-state index in [0.29, 0.717) is 15.0 Å². The van der Waals surface area contributed by atoms with Gasteiger partial charge >= 0.3 is 0 Å². The lowest BCUT2D eigenvalue weighted by Gasteiger charge is -2.25. The Bertz CT molecular complexity index is 1380. The molecule has 1 fully saturated rings. The Balaban J connectivity index is 1.65. The van der Waals surface area contributed by atoms with Crippen molar-refractivity contribution < 1.29 is 22.8 Å². The number of sulfonamides is 1. The smallest absolute Gasteiger partial charge is 0.266 e. The lowest BCUT2D eigenvalue weighted by molar-refractivity contribution is -0.135. The van der Waals surface area contributed by atoms with Crippen molar-refractivity contribution in [2.45, 2.75) is 11.3 Å². The minimum absolute atomic E-state index is 0.0897. The van der Waals surface area contributed by atoms with Crippen molar-refractivity contribution in [3.8, 4) is 0 Å². The van der Waals surface area contributed by atoms with E-state index in [1.54, 1.807) is 31.3 Å². The number of carbonyl (C=O) groups is 3. The number of benzene rings is 3. The van der Waals surface area contributed by atoms with Gasteiger partial charge in [-0.3, -0.25) is 14.4 Å². The fraction of sp³-hybridized carbons (Fsp3) is 0.222. The molecule has 3 aromatic carbocycles. The molecular formula is C27H26ClN3O5S. The van der Waals surface area contributed by atoms with E-state index in [-0.39, 0.29) is 30.3 Å². The number of hydrogen-bond acceptors (Lipinski definition) is 5. The van der Waals surface area contributed by atoms with Crippen LogP contribution in [0.15, 0.2) is 89.8 Å². The summed E-state index contributed by atoms with van der Waals surface area (Å²) in [6, 6.07) is 23.5. The summed E-state index contributed by atoms with van der Waals surface area (Å²) in [5.74, 6) is -2.56. The van der Waals surface area contributed by atoms with Crippen LogP contribution in [-0.2, 0) is 30.8 Å². The molecule has 0 spiro atoms. The highest BCUT2D eigenvalue weighted by Crippen LogP contribution is 2.25. The largest absolute Gasteiger partial charge is 0.331 e. The molecule has 4 rings (SSSR count). The van der Waals surface area contributed by atoms with Gasteiger partial charge in [0.2, 0.25) is 17.7 Å². The number of carbonyl (C=O) groups excluding carboxylic acids is 3. The van der Waals surface area contributed by atoms with Gasteiger partial charge in [0, 0.05) is 24.3 Å². The molecule has 192 valence electrons. The normalized spacial score (nSPS) is 16.4. The highest BCUT2D eigenvalue weighted by Gasteiger charge is 2.41. The molecule has 37 heavy (non-hydrogen) atoms. The first kappa shape index (κ1) is 26.4. The van der Waals surface area contributed by atoms with Crippen LogP contribution in [0, 0.1) is 5.92 Å². The Morgan fingerprint density at radius 3 is 2.16 bits per heavy atom. The average Bonchev–Trinajstić information content (AvgIpc) is 3.01. The van der Waals surface area contributed by atoms with Crippen molar-refractivity contribution in [2.24, 2.45) is 5.92 Å². The Labute approximate surface area is 221 Å². The maximum atomic E-state index is 13.6. The average molecular weight is 540 g/mol. The SMILES string of the molecule is CN(C(=O)CN1CC(Cc2ccccc2)C(=O)N(S(=O)(=O)c2ccc(Cl)cc2)CC1=O)c1ccccc1. The van der Waals surface area contributed by atoms with Gasteiger partial charge in [-0.25, -0.2) is 12.7 Å². The molecule has 1 aliphatic heterocycles. The highest BCUT2D eigenvalue weighted by atomic mass is 35.5. The number of anilines is 1. The third kappa shape index (κ3) is 6.00. The maximum absolute atomic E-state index is 13.6. The number of para-hydroxylation sites is 1. The second kappa shape index (κ2) is 11.1.